The van der Waals surface area contributed by atoms with Gasteiger partial charge >= 0.3 is 5.97 Å². The second-order valence-electron chi connectivity index (χ2n) is 6.36. The van der Waals surface area contributed by atoms with Crippen LogP contribution in [0, 0.1) is 11.6 Å². The number of thiocarbonyl (C=S) groups is 1. The van der Waals surface area contributed by atoms with Crippen molar-refractivity contribution in [3.05, 3.63) is 46.7 Å². The van der Waals surface area contributed by atoms with Crippen molar-refractivity contribution in [3.63, 3.8) is 0 Å². The van der Waals surface area contributed by atoms with Crippen LogP contribution in [-0.4, -0.2) is 56.1 Å². The third-order valence-corrected chi connectivity index (χ3v) is 4.71. The van der Waals surface area contributed by atoms with Crippen LogP contribution < -0.4 is 5.32 Å². The number of halogens is 2. The highest BCUT2D eigenvalue weighted by atomic mass is 32.1. The minimum atomic E-state index is -1.01. The minimum Gasteiger partial charge on any atom is -0.460 e. The topological polar surface area (TPSA) is 60.0 Å². The molecule has 0 aliphatic carbocycles. The first-order valence-electron chi connectivity index (χ1n) is 8.72. The maximum Gasteiger partial charge on any atom is 0.338 e. The van der Waals surface area contributed by atoms with Gasteiger partial charge in [-0.3, -0.25) is 0 Å². The van der Waals surface area contributed by atoms with Crippen LogP contribution in [0.3, 0.4) is 0 Å². The summed E-state index contributed by atoms with van der Waals surface area (Å²) in [6.45, 7) is 4.31. The van der Waals surface area contributed by atoms with Gasteiger partial charge in [0, 0.05) is 19.9 Å². The number of hydrogen-bond acceptors (Lipinski definition) is 5. The molecular weight excluding hydrogens is 390 g/mol. The van der Waals surface area contributed by atoms with Gasteiger partial charge < -0.3 is 24.4 Å². The van der Waals surface area contributed by atoms with E-state index in [0.717, 1.165) is 12.1 Å². The van der Waals surface area contributed by atoms with Crippen LogP contribution in [0.25, 0.3) is 0 Å². The van der Waals surface area contributed by atoms with E-state index in [1.807, 2.05) is 6.92 Å². The summed E-state index contributed by atoms with van der Waals surface area (Å²) in [5.41, 5.74) is 1.18. The van der Waals surface area contributed by atoms with Gasteiger partial charge in [-0.2, -0.15) is 0 Å². The zero-order valence-electron chi connectivity index (χ0n) is 16.3. The van der Waals surface area contributed by atoms with Gasteiger partial charge in [-0.05, 0) is 43.8 Å². The van der Waals surface area contributed by atoms with Crippen LogP contribution in [0.1, 0.15) is 25.5 Å². The van der Waals surface area contributed by atoms with Crippen molar-refractivity contribution in [2.45, 2.75) is 25.9 Å². The fourth-order valence-corrected chi connectivity index (χ4v) is 3.54. The Bertz CT molecular complexity index is 772. The zero-order valence-corrected chi connectivity index (χ0v) is 17.1. The standard InChI is InChI=1S/C19H24F2N2O4S/c1-11(10-26-4)23-12(2)16(18(24)27-8-7-25-3)17(22-19(23)28)13-5-6-14(20)15(21)9-13/h5-6,9,11,17H,7-8,10H2,1-4H3,(H,22,28)/t11-,17-/m0/s1. The van der Waals surface area contributed by atoms with Crippen molar-refractivity contribution in [2.75, 3.05) is 34.0 Å². The summed E-state index contributed by atoms with van der Waals surface area (Å²) in [7, 11) is 3.07. The molecule has 0 aromatic heterocycles. The minimum absolute atomic E-state index is 0.0642. The average molecular weight is 414 g/mol. The van der Waals surface area contributed by atoms with Crippen molar-refractivity contribution < 1.29 is 27.8 Å². The molecule has 1 aliphatic heterocycles. The first-order chi connectivity index (χ1) is 13.3. The fourth-order valence-electron chi connectivity index (χ4n) is 3.11. The number of ether oxygens (including phenoxy) is 3. The summed E-state index contributed by atoms with van der Waals surface area (Å²) in [5, 5.41) is 3.40. The highest BCUT2D eigenvalue weighted by Gasteiger charge is 2.36. The summed E-state index contributed by atoms with van der Waals surface area (Å²) in [6.07, 6.45) is 0. The van der Waals surface area contributed by atoms with Crippen molar-refractivity contribution in [3.8, 4) is 0 Å². The lowest BCUT2D eigenvalue weighted by molar-refractivity contribution is -0.140. The van der Waals surface area contributed by atoms with Gasteiger partial charge in [0.1, 0.15) is 6.61 Å². The summed E-state index contributed by atoms with van der Waals surface area (Å²) < 4.78 is 42.6. The van der Waals surface area contributed by atoms with E-state index in [9.17, 15) is 13.6 Å². The Hall–Kier alpha value is -2.10. The fraction of sp³-hybridized carbons (Fsp3) is 0.474. The molecule has 2 rings (SSSR count). The normalized spacial score (nSPS) is 18.1. The molecule has 0 saturated heterocycles. The number of allylic oxidation sites excluding steroid dienone is 1. The first-order valence-corrected chi connectivity index (χ1v) is 9.13. The monoisotopic (exact) mass is 414 g/mol. The molecule has 0 amide bonds. The summed E-state index contributed by atoms with van der Waals surface area (Å²) in [6, 6.07) is 2.53. The van der Waals surface area contributed by atoms with Crippen molar-refractivity contribution in [1.29, 1.82) is 0 Å². The summed E-state index contributed by atoms with van der Waals surface area (Å²) in [4.78, 5) is 14.6. The lowest BCUT2D eigenvalue weighted by Gasteiger charge is -2.40. The van der Waals surface area contributed by atoms with E-state index in [1.165, 1.54) is 13.2 Å². The molecule has 28 heavy (non-hydrogen) atoms. The smallest absolute Gasteiger partial charge is 0.338 e. The Labute approximate surface area is 168 Å². The number of carbonyl (C=O) groups is 1. The summed E-state index contributed by atoms with van der Waals surface area (Å²) >= 11 is 5.46. The lowest BCUT2D eigenvalue weighted by Crippen LogP contribution is -2.52. The van der Waals surface area contributed by atoms with Gasteiger partial charge in [-0.25, -0.2) is 13.6 Å². The molecule has 1 heterocycles. The van der Waals surface area contributed by atoms with E-state index < -0.39 is 23.6 Å². The molecule has 1 N–H and O–H groups in total. The van der Waals surface area contributed by atoms with E-state index in [1.54, 1.807) is 18.9 Å². The number of nitrogens with zero attached hydrogens (tertiary/aromatic N) is 1. The molecule has 9 heteroatoms. The van der Waals surface area contributed by atoms with Gasteiger partial charge in [-0.1, -0.05) is 6.07 Å². The molecule has 0 saturated carbocycles. The maximum atomic E-state index is 13.8. The van der Waals surface area contributed by atoms with E-state index >= 15 is 0 Å². The van der Waals surface area contributed by atoms with Crippen LogP contribution >= 0.6 is 12.2 Å². The Kier molecular flexibility index (Phi) is 7.85. The molecule has 0 radical (unpaired) electrons. The predicted octanol–water partition coefficient (Wildman–Crippen LogP) is 2.69. The molecular formula is C19H24F2N2O4S. The van der Waals surface area contributed by atoms with Gasteiger partial charge in [0.05, 0.1) is 30.9 Å². The van der Waals surface area contributed by atoms with Crippen LogP contribution in [0.2, 0.25) is 0 Å². The molecule has 1 aliphatic rings. The van der Waals surface area contributed by atoms with Gasteiger partial charge in [0.25, 0.3) is 0 Å². The molecule has 2 atom stereocenters. The van der Waals surface area contributed by atoms with E-state index in [0.29, 0.717) is 23.0 Å². The number of hydrogen-bond donors (Lipinski definition) is 1. The van der Waals surface area contributed by atoms with E-state index in [4.69, 9.17) is 26.4 Å². The number of benzene rings is 1. The quantitative estimate of drug-likeness (QED) is 0.399. The predicted molar refractivity (Wildman–Crippen MR) is 104 cm³/mol. The Morgan fingerprint density at radius 1 is 1.25 bits per heavy atom. The SMILES string of the molecule is COCCOC(=O)C1=C(C)N([C@@H](C)COC)C(=S)N[C@H]1c1ccc(F)c(F)c1. The Morgan fingerprint density at radius 3 is 2.57 bits per heavy atom. The van der Waals surface area contributed by atoms with Gasteiger partial charge in [0.2, 0.25) is 0 Å². The number of nitrogens with one attached hydrogen (secondary N) is 1. The Balaban J connectivity index is 2.48. The van der Waals surface area contributed by atoms with Crippen LogP contribution in [0.5, 0.6) is 0 Å². The maximum absolute atomic E-state index is 13.8. The number of carbonyl (C=O) groups excluding carboxylic acids is 1. The highest BCUT2D eigenvalue weighted by Crippen LogP contribution is 2.33. The van der Waals surface area contributed by atoms with Gasteiger partial charge in [0.15, 0.2) is 16.7 Å². The number of esters is 1. The molecule has 0 spiro atoms. The Morgan fingerprint density at radius 2 is 1.96 bits per heavy atom. The van der Waals surface area contributed by atoms with Crippen molar-refractivity contribution in [2.24, 2.45) is 0 Å². The third-order valence-electron chi connectivity index (χ3n) is 4.39. The van der Waals surface area contributed by atoms with E-state index in [-0.39, 0.29) is 24.8 Å². The van der Waals surface area contributed by atoms with Crippen LogP contribution in [0.15, 0.2) is 29.5 Å². The van der Waals surface area contributed by atoms with Crippen molar-refractivity contribution in [1.82, 2.24) is 10.2 Å². The largest absolute Gasteiger partial charge is 0.460 e. The summed E-state index contributed by atoms with van der Waals surface area (Å²) in [5.74, 6) is -2.57. The van der Waals surface area contributed by atoms with Crippen LogP contribution in [0.4, 0.5) is 8.78 Å². The second kappa shape index (κ2) is 9.90. The first kappa shape index (κ1) is 22.2. The van der Waals surface area contributed by atoms with Gasteiger partial charge in [-0.15, -0.1) is 0 Å². The molecule has 0 unspecified atom stereocenters. The highest BCUT2D eigenvalue weighted by molar-refractivity contribution is 7.80. The van der Waals surface area contributed by atoms with E-state index in [2.05, 4.69) is 5.32 Å². The lowest BCUT2D eigenvalue weighted by atomic mass is 9.94. The molecule has 1 aromatic carbocycles. The molecule has 1 aromatic rings. The number of methoxy groups -OCH3 is 2. The van der Waals surface area contributed by atoms with Crippen LogP contribution in [-0.2, 0) is 19.0 Å². The molecule has 6 nitrogen and oxygen atoms in total. The second-order valence-corrected chi connectivity index (χ2v) is 6.74. The van der Waals surface area contributed by atoms with Crippen molar-refractivity contribution >= 4 is 23.3 Å². The molecule has 0 bridgehead atoms. The molecule has 154 valence electrons. The zero-order chi connectivity index (χ0) is 20.8. The molecule has 0 fully saturated rings. The third kappa shape index (κ3) is 4.84. The average Bonchev–Trinajstić information content (AvgIpc) is 2.63. The number of rotatable bonds is 8.